The van der Waals surface area contributed by atoms with Crippen LogP contribution in [0, 0.1) is 29.5 Å². The summed E-state index contributed by atoms with van der Waals surface area (Å²) in [6.45, 7) is 2.31. The van der Waals surface area contributed by atoms with Crippen molar-refractivity contribution in [1.29, 1.82) is 0 Å². The van der Waals surface area contributed by atoms with E-state index in [0.29, 0.717) is 0 Å². The highest BCUT2D eigenvalue weighted by Crippen LogP contribution is 2.43. The van der Waals surface area contributed by atoms with E-state index in [9.17, 15) is 4.39 Å². The molecule has 2 saturated carbocycles. The predicted molar refractivity (Wildman–Crippen MR) is 115 cm³/mol. The van der Waals surface area contributed by atoms with Crippen molar-refractivity contribution < 1.29 is 4.39 Å². The van der Waals surface area contributed by atoms with Crippen LogP contribution in [0.4, 0.5) is 4.39 Å². The summed E-state index contributed by atoms with van der Waals surface area (Å²) in [5.74, 6) is 3.60. The van der Waals surface area contributed by atoms with Gasteiger partial charge in [-0.2, -0.15) is 0 Å². The van der Waals surface area contributed by atoms with Gasteiger partial charge in [-0.1, -0.05) is 76.0 Å². The highest BCUT2D eigenvalue weighted by atomic mass is 35.5. The normalized spacial score (nSPS) is 29.0. The van der Waals surface area contributed by atoms with E-state index >= 15 is 0 Å². The van der Waals surface area contributed by atoms with Gasteiger partial charge in [0, 0.05) is 0 Å². The molecule has 1 aromatic carbocycles. The third-order valence-corrected chi connectivity index (χ3v) is 7.80. The van der Waals surface area contributed by atoms with E-state index in [1.807, 2.05) is 6.07 Å². The fourth-order valence-corrected chi connectivity index (χ4v) is 5.76. The van der Waals surface area contributed by atoms with Gasteiger partial charge in [0.1, 0.15) is 5.82 Å². The molecule has 0 amide bonds. The summed E-state index contributed by atoms with van der Waals surface area (Å²) in [5.41, 5.74) is 1.10. The quantitative estimate of drug-likeness (QED) is 0.388. The van der Waals surface area contributed by atoms with Gasteiger partial charge in [-0.25, -0.2) is 4.39 Å². The van der Waals surface area contributed by atoms with Gasteiger partial charge in [0.25, 0.3) is 0 Å². The molecule has 2 heteroatoms. The van der Waals surface area contributed by atoms with E-state index in [2.05, 4.69) is 6.92 Å². The smallest absolute Gasteiger partial charge is 0.142 e. The molecule has 0 N–H and O–H groups in total. The molecule has 0 radical (unpaired) electrons. The minimum Gasteiger partial charge on any atom is -0.205 e. The Bertz CT molecular complexity index is 553. The Hall–Kier alpha value is -0.560. The monoisotopic (exact) mass is 392 g/mol. The zero-order valence-electron chi connectivity index (χ0n) is 17.2. The molecule has 3 rings (SSSR count). The molecule has 0 unspecified atom stereocenters. The molecule has 2 fully saturated rings. The van der Waals surface area contributed by atoms with Crippen molar-refractivity contribution in [2.24, 2.45) is 23.7 Å². The van der Waals surface area contributed by atoms with Crippen LogP contribution in [-0.2, 0) is 6.42 Å². The molecule has 0 bridgehead atoms. The molecule has 152 valence electrons. The highest BCUT2D eigenvalue weighted by molar-refractivity contribution is 6.30. The Labute approximate surface area is 171 Å². The maximum Gasteiger partial charge on any atom is 0.142 e. The standard InChI is InChI=1S/C25H38ClF/c1-2-3-4-5-19-8-13-22(14-9-19)23-15-10-20(11-16-23)6-7-21-12-17-24(26)25(27)18-21/h12,17-20,22-23H,2-11,13-16H2,1H3/t19-,20?,22-,23?. The van der Waals surface area contributed by atoms with Crippen molar-refractivity contribution in [3.8, 4) is 0 Å². The molecule has 0 aliphatic heterocycles. The molecular weight excluding hydrogens is 355 g/mol. The van der Waals surface area contributed by atoms with Crippen LogP contribution in [0.25, 0.3) is 0 Å². The third-order valence-electron chi connectivity index (χ3n) is 7.49. The third kappa shape index (κ3) is 6.48. The second-order valence-electron chi connectivity index (χ2n) is 9.34. The van der Waals surface area contributed by atoms with Crippen molar-refractivity contribution in [2.45, 2.75) is 96.8 Å². The summed E-state index contributed by atoms with van der Waals surface area (Å²) >= 11 is 5.78. The van der Waals surface area contributed by atoms with Gasteiger partial charge in [0.05, 0.1) is 5.02 Å². The Morgan fingerprint density at radius 3 is 2.00 bits per heavy atom. The number of halogens is 2. The first-order valence-electron chi connectivity index (χ1n) is 11.6. The zero-order chi connectivity index (χ0) is 19.1. The molecule has 2 aliphatic carbocycles. The molecule has 0 spiro atoms. The molecule has 27 heavy (non-hydrogen) atoms. The van der Waals surface area contributed by atoms with Crippen LogP contribution in [0.15, 0.2) is 18.2 Å². The van der Waals surface area contributed by atoms with Gasteiger partial charge < -0.3 is 0 Å². The predicted octanol–water partition coefficient (Wildman–Crippen LogP) is 8.60. The number of hydrogen-bond acceptors (Lipinski definition) is 0. The molecule has 0 heterocycles. The number of benzene rings is 1. The number of aryl methyl sites for hydroxylation is 1. The van der Waals surface area contributed by atoms with Crippen LogP contribution in [-0.4, -0.2) is 0 Å². The summed E-state index contributed by atoms with van der Waals surface area (Å²) in [4.78, 5) is 0. The van der Waals surface area contributed by atoms with Gasteiger partial charge in [0.15, 0.2) is 0 Å². The van der Waals surface area contributed by atoms with Crippen molar-refractivity contribution >= 4 is 11.6 Å². The number of hydrogen-bond donors (Lipinski definition) is 0. The maximum absolute atomic E-state index is 13.6. The summed E-state index contributed by atoms with van der Waals surface area (Å²) in [5, 5.41) is 0.236. The fraction of sp³-hybridized carbons (Fsp3) is 0.760. The molecule has 0 nitrogen and oxygen atoms in total. The molecule has 0 aromatic heterocycles. The molecule has 0 atom stereocenters. The minimum absolute atomic E-state index is 0.236. The average molecular weight is 393 g/mol. The number of unbranched alkanes of at least 4 members (excludes halogenated alkanes) is 2. The van der Waals surface area contributed by atoms with Crippen LogP contribution < -0.4 is 0 Å². The summed E-state index contributed by atoms with van der Waals surface area (Å²) in [6.07, 6.45) is 19.5. The van der Waals surface area contributed by atoms with Gasteiger partial charge >= 0.3 is 0 Å². The van der Waals surface area contributed by atoms with E-state index in [1.54, 1.807) is 12.1 Å². The van der Waals surface area contributed by atoms with Crippen LogP contribution in [0.1, 0.15) is 96.0 Å². The van der Waals surface area contributed by atoms with Crippen molar-refractivity contribution in [2.75, 3.05) is 0 Å². The Morgan fingerprint density at radius 1 is 0.852 bits per heavy atom. The highest BCUT2D eigenvalue weighted by Gasteiger charge is 2.30. The van der Waals surface area contributed by atoms with Crippen LogP contribution in [0.2, 0.25) is 5.02 Å². The zero-order valence-corrected chi connectivity index (χ0v) is 18.0. The Kier molecular flexibility index (Phi) is 8.49. The van der Waals surface area contributed by atoms with Crippen LogP contribution >= 0.6 is 11.6 Å². The summed E-state index contributed by atoms with van der Waals surface area (Å²) in [6, 6.07) is 5.30. The van der Waals surface area contributed by atoms with Crippen LogP contribution in [0.3, 0.4) is 0 Å². The van der Waals surface area contributed by atoms with E-state index in [4.69, 9.17) is 11.6 Å². The SMILES string of the molecule is CCCCC[C@H]1CC[C@H](C2CCC(CCc3ccc(Cl)c(F)c3)CC2)CC1. The maximum atomic E-state index is 13.6. The summed E-state index contributed by atoms with van der Waals surface area (Å²) in [7, 11) is 0. The Balaban J connectivity index is 1.34. The van der Waals surface area contributed by atoms with Crippen LogP contribution in [0.5, 0.6) is 0 Å². The Morgan fingerprint density at radius 2 is 1.44 bits per heavy atom. The van der Waals surface area contributed by atoms with E-state index in [-0.39, 0.29) is 10.8 Å². The lowest BCUT2D eigenvalue weighted by atomic mass is 9.68. The van der Waals surface area contributed by atoms with Crippen molar-refractivity contribution in [1.82, 2.24) is 0 Å². The first-order valence-corrected chi connectivity index (χ1v) is 12.0. The van der Waals surface area contributed by atoms with E-state index in [0.717, 1.165) is 35.7 Å². The minimum atomic E-state index is -0.275. The van der Waals surface area contributed by atoms with Crippen molar-refractivity contribution in [3.63, 3.8) is 0 Å². The fourth-order valence-electron chi connectivity index (χ4n) is 5.65. The van der Waals surface area contributed by atoms with E-state index < -0.39 is 0 Å². The first-order chi connectivity index (χ1) is 13.2. The molecule has 2 aliphatic rings. The van der Waals surface area contributed by atoms with Gasteiger partial charge in [-0.05, 0) is 79.9 Å². The lowest BCUT2D eigenvalue weighted by Crippen LogP contribution is -2.26. The van der Waals surface area contributed by atoms with Gasteiger partial charge in [-0.15, -0.1) is 0 Å². The van der Waals surface area contributed by atoms with Gasteiger partial charge in [0.2, 0.25) is 0 Å². The lowest BCUT2D eigenvalue weighted by molar-refractivity contribution is 0.140. The second kappa shape index (κ2) is 10.8. The summed E-state index contributed by atoms with van der Waals surface area (Å²) < 4.78 is 13.6. The van der Waals surface area contributed by atoms with E-state index in [1.165, 1.54) is 83.5 Å². The van der Waals surface area contributed by atoms with Crippen molar-refractivity contribution in [3.05, 3.63) is 34.6 Å². The second-order valence-corrected chi connectivity index (χ2v) is 9.75. The number of rotatable bonds is 8. The topological polar surface area (TPSA) is 0 Å². The first kappa shape index (κ1) is 21.2. The lowest BCUT2D eigenvalue weighted by Gasteiger charge is -2.38. The van der Waals surface area contributed by atoms with Gasteiger partial charge in [-0.3, -0.25) is 0 Å². The molecule has 0 saturated heterocycles. The molecular formula is C25H38ClF. The largest absolute Gasteiger partial charge is 0.205 e. The molecule has 1 aromatic rings. The average Bonchev–Trinajstić information content (AvgIpc) is 2.70.